The van der Waals surface area contributed by atoms with Crippen molar-refractivity contribution >= 4 is 10.0 Å². The lowest BCUT2D eigenvalue weighted by molar-refractivity contribution is 0.138. The van der Waals surface area contributed by atoms with Crippen LogP contribution < -0.4 is 0 Å². The predicted molar refractivity (Wildman–Crippen MR) is 67.3 cm³/mol. The lowest BCUT2D eigenvalue weighted by Crippen LogP contribution is -2.47. The average molecular weight is 268 g/mol. The maximum Gasteiger partial charge on any atom is 0.243 e. The molecule has 0 heterocycles. The second kappa shape index (κ2) is 5.06. The zero-order valence-electron chi connectivity index (χ0n) is 10.6. The second-order valence-electron chi connectivity index (χ2n) is 4.58. The number of sulfonamides is 1. The first-order valence-corrected chi connectivity index (χ1v) is 6.80. The maximum atomic E-state index is 12.3. The highest BCUT2D eigenvalue weighted by atomic mass is 32.2. The Morgan fingerprint density at radius 2 is 2.06 bits per heavy atom. The molecule has 0 atom stereocenters. The third kappa shape index (κ3) is 2.70. The molecule has 0 aliphatic carbocycles. The highest BCUT2D eigenvalue weighted by molar-refractivity contribution is 7.89. The number of likely N-dealkylation sites (N-methyl/N-ethyl adjacent to an activating group) is 1. The van der Waals surface area contributed by atoms with Crippen LogP contribution in [0.2, 0.25) is 0 Å². The summed E-state index contributed by atoms with van der Waals surface area (Å²) in [5.41, 5.74) is -0.618. The Morgan fingerprint density at radius 3 is 2.56 bits per heavy atom. The third-order valence-corrected chi connectivity index (χ3v) is 4.93. The van der Waals surface area contributed by atoms with Crippen LogP contribution in [0.4, 0.5) is 0 Å². The molecule has 1 aromatic carbocycles. The van der Waals surface area contributed by atoms with Gasteiger partial charge in [0.05, 0.1) is 28.7 Å². The first-order valence-electron chi connectivity index (χ1n) is 5.36. The molecule has 0 aliphatic rings. The van der Waals surface area contributed by atoms with Crippen LogP contribution >= 0.6 is 0 Å². The summed E-state index contributed by atoms with van der Waals surface area (Å²) in [5.74, 6) is 0. The van der Waals surface area contributed by atoms with Gasteiger partial charge in [-0.05, 0) is 32.0 Å². The summed E-state index contributed by atoms with van der Waals surface area (Å²) in [7, 11) is -2.31. The molecule has 0 saturated heterocycles. The van der Waals surface area contributed by atoms with Crippen molar-refractivity contribution < 1.29 is 13.5 Å². The molecule has 18 heavy (non-hydrogen) atoms. The molecule has 0 unspecified atom stereocenters. The molecule has 1 N–H and O–H groups in total. The Balaban J connectivity index is 3.26. The molecule has 1 aromatic rings. The van der Waals surface area contributed by atoms with Crippen molar-refractivity contribution in [2.45, 2.75) is 24.3 Å². The van der Waals surface area contributed by atoms with Crippen LogP contribution in [-0.4, -0.2) is 37.0 Å². The van der Waals surface area contributed by atoms with Crippen LogP contribution in [-0.2, 0) is 10.0 Å². The molecule has 0 saturated carbocycles. The number of aliphatic hydroxyl groups excluding tert-OH is 1. The summed E-state index contributed by atoms with van der Waals surface area (Å²) >= 11 is 0. The lowest BCUT2D eigenvalue weighted by Gasteiger charge is -2.32. The average Bonchev–Trinajstić information content (AvgIpc) is 2.37. The van der Waals surface area contributed by atoms with Gasteiger partial charge in [-0.25, -0.2) is 8.42 Å². The van der Waals surface area contributed by atoms with Crippen molar-refractivity contribution in [3.8, 4) is 6.07 Å². The van der Waals surface area contributed by atoms with Crippen LogP contribution in [0, 0.1) is 11.3 Å². The molecular formula is C12H16N2O3S. The molecule has 6 heteroatoms. The number of benzene rings is 1. The predicted octanol–water partition coefficient (Wildman–Crippen LogP) is 0.950. The van der Waals surface area contributed by atoms with Crippen molar-refractivity contribution in [1.82, 2.24) is 4.31 Å². The number of nitriles is 1. The van der Waals surface area contributed by atoms with Crippen molar-refractivity contribution in [3.05, 3.63) is 29.8 Å². The van der Waals surface area contributed by atoms with Crippen LogP contribution in [0.3, 0.4) is 0 Å². The molecular weight excluding hydrogens is 252 g/mol. The standard InChI is InChI=1S/C12H16N2O3S/c1-12(2,9-15)14(3)18(16,17)11-6-4-5-10(7-11)8-13/h4-7,15H,9H2,1-3H3. The van der Waals surface area contributed by atoms with E-state index in [1.807, 2.05) is 6.07 Å². The molecule has 0 bridgehead atoms. The molecule has 0 aromatic heterocycles. The number of rotatable bonds is 4. The second-order valence-corrected chi connectivity index (χ2v) is 6.55. The smallest absolute Gasteiger partial charge is 0.243 e. The van der Waals surface area contributed by atoms with Gasteiger partial charge in [0.1, 0.15) is 0 Å². The summed E-state index contributed by atoms with van der Waals surface area (Å²) in [6, 6.07) is 7.71. The Kier molecular flexibility index (Phi) is 4.12. The molecule has 1 rings (SSSR count). The maximum absolute atomic E-state index is 12.3. The Labute approximate surface area is 107 Å². The van der Waals surface area contributed by atoms with Crippen molar-refractivity contribution in [2.24, 2.45) is 0 Å². The van der Waals surface area contributed by atoms with Gasteiger partial charge in [-0.15, -0.1) is 0 Å². The fourth-order valence-electron chi connectivity index (χ4n) is 1.31. The van der Waals surface area contributed by atoms with Gasteiger partial charge in [-0.3, -0.25) is 0 Å². The van der Waals surface area contributed by atoms with Crippen molar-refractivity contribution in [1.29, 1.82) is 5.26 Å². The Bertz CT molecular complexity index is 573. The topological polar surface area (TPSA) is 81.4 Å². The van der Waals surface area contributed by atoms with E-state index in [1.165, 1.54) is 31.3 Å². The quantitative estimate of drug-likeness (QED) is 0.881. The molecule has 0 radical (unpaired) electrons. The fourth-order valence-corrected chi connectivity index (χ4v) is 2.86. The summed E-state index contributed by atoms with van der Waals surface area (Å²) in [5, 5.41) is 18.0. The van der Waals surface area contributed by atoms with Gasteiger partial charge in [-0.1, -0.05) is 6.07 Å². The SMILES string of the molecule is CN(C(C)(C)CO)S(=O)(=O)c1cccc(C#N)c1. The van der Waals surface area contributed by atoms with Gasteiger partial charge >= 0.3 is 0 Å². The van der Waals surface area contributed by atoms with E-state index in [9.17, 15) is 13.5 Å². The Morgan fingerprint density at radius 1 is 1.44 bits per heavy atom. The minimum atomic E-state index is -3.72. The molecule has 0 spiro atoms. The first-order chi connectivity index (χ1) is 8.25. The largest absolute Gasteiger partial charge is 0.394 e. The summed E-state index contributed by atoms with van der Waals surface area (Å²) < 4.78 is 25.7. The van der Waals surface area contributed by atoms with Gasteiger partial charge in [-0.2, -0.15) is 9.57 Å². The number of nitrogens with zero attached hydrogens (tertiary/aromatic N) is 2. The highest BCUT2D eigenvalue weighted by Gasteiger charge is 2.33. The molecule has 5 nitrogen and oxygen atoms in total. The zero-order chi connectivity index (χ0) is 14.0. The van der Waals surface area contributed by atoms with E-state index < -0.39 is 15.6 Å². The van der Waals surface area contributed by atoms with E-state index >= 15 is 0 Å². The highest BCUT2D eigenvalue weighted by Crippen LogP contribution is 2.22. The van der Waals surface area contributed by atoms with Gasteiger partial charge in [0.15, 0.2) is 0 Å². The van der Waals surface area contributed by atoms with Crippen LogP contribution in [0.5, 0.6) is 0 Å². The minimum absolute atomic E-state index is 0.0468. The van der Waals surface area contributed by atoms with Gasteiger partial charge in [0.25, 0.3) is 0 Å². The lowest BCUT2D eigenvalue weighted by atomic mass is 10.1. The van der Waals surface area contributed by atoms with Gasteiger partial charge < -0.3 is 5.11 Å². The Hall–Kier alpha value is -1.42. The van der Waals surface area contributed by atoms with Crippen LogP contribution in [0.1, 0.15) is 19.4 Å². The molecule has 0 amide bonds. The first kappa shape index (κ1) is 14.6. The molecule has 0 aliphatic heterocycles. The third-order valence-electron chi connectivity index (χ3n) is 2.86. The zero-order valence-corrected chi connectivity index (χ0v) is 11.4. The van der Waals surface area contributed by atoms with E-state index in [2.05, 4.69) is 0 Å². The van der Waals surface area contributed by atoms with E-state index in [-0.39, 0.29) is 17.1 Å². The normalized spacial score (nSPS) is 12.4. The fraction of sp³-hybridized carbons (Fsp3) is 0.417. The van der Waals surface area contributed by atoms with Crippen LogP contribution in [0.15, 0.2) is 29.2 Å². The van der Waals surface area contributed by atoms with E-state index in [4.69, 9.17) is 5.26 Å². The van der Waals surface area contributed by atoms with Crippen molar-refractivity contribution in [3.63, 3.8) is 0 Å². The summed E-state index contributed by atoms with van der Waals surface area (Å²) in [4.78, 5) is 0.0468. The summed E-state index contributed by atoms with van der Waals surface area (Å²) in [6.07, 6.45) is 0. The number of aliphatic hydroxyl groups is 1. The number of hydrogen-bond donors (Lipinski definition) is 1. The van der Waals surface area contributed by atoms with Gasteiger partial charge in [0.2, 0.25) is 10.0 Å². The summed E-state index contributed by atoms with van der Waals surface area (Å²) in [6.45, 7) is 2.96. The molecule has 0 fully saturated rings. The van der Waals surface area contributed by atoms with E-state index in [0.717, 1.165) is 4.31 Å². The van der Waals surface area contributed by atoms with Crippen molar-refractivity contribution in [2.75, 3.05) is 13.7 Å². The van der Waals surface area contributed by atoms with E-state index in [0.29, 0.717) is 0 Å². The molecule has 98 valence electrons. The van der Waals surface area contributed by atoms with Gasteiger partial charge in [0, 0.05) is 7.05 Å². The number of hydrogen-bond acceptors (Lipinski definition) is 4. The van der Waals surface area contributed by atoms with E-state index in [1.54, 1.807) is 13.8 Å². The van der Waals surface area contributed by atoms with Crippen LogP contribution in [0.25, 0.3) is 0 Å². The minimum Gasteiger partial charge on any atom is -0.394 e. The monoisotopic (exact) mass is 268 g/mol.